The fourth-order valence-corrected chi connectivity index (χ4v) is 9.28. The van der Waals surface area contributed by atoms with Crippen molar-refractivity contribution in [1.29, 1.82) is 0 Å². The summed E-state index contributed by atoms with van der Waals surface area (Å²) in [5, 5.41) is 4.73. The number of rotatable bonds is 6. The molecule has 2 heteroatoms. The van der Waals surface area contributed by atoms with Crippen molar-refractivity contribution >= 4 is 49.8 Å². The summed E-state index contributed by atoms with van der Waals surface area (Å²) in [6.07, 6.45) is 0. The predicted octanol–water partition coefficient (Wildman–Crippen LogP) is 15.5. The van der Waals surface area contributed by atoms with Crippen molar-refractivity contribution in [2.45, 2.75) is 19.3 Å². The topological polar surface area (TPSA) is 16.4 Å². The third kappa shape index (κ3) is 5.33. The van der Waals surface area contributed by atoms with Gasteiger partial charge in [0.25, 0.3) is 0 Å². The maximum atomic E-state index is 6.43. The second-order valence-corrected chi connectivity index (χ2v) is 15.7. The molecule has 1 aliphatic carbocycles. The van der Waals surface area contributed by atoms with Crippen LogP contribution in [0.1, 0.15) is 25.0 Å². The molecule has 9 aromatic carbocycles. The highest BCUT2D eigenvalue weighted by atomic mass is 16.3. The summed E-state index contributed by atoms with van der Waals surface area (Å²) in [4.78, 5) is 2.46. The van der Waals surface area contributed by atoms with Crippen molar-refractivity contribution < 1.29 is 4.42 Å². The fraction of sp³-hybridized carbons (Fsp3) is 0.0545. The van der Waals surface area contributed by atoms with Crippen molar-refractivity contribution in [2.75, 3.05) is 4.90 Å². The molecule has 1 aliphatic rings. The lowest BCUT2D eigenvalue weighted by atomic mass is 9.82. The summed E-state index contributed by atoms with van der Waals surface area (Å²) in [6.45, 7) is 4.71. The summed E-state index contributed by atoms with van der Waals surface area (Å²) in [6, 6.07) is 72.8. The minimum atomic E-state index is -0.105. The Hall–Kier alpha value is -7.16. The third-order valence-electron chi connectivity index (χ3n) is 12.1. The Bertz CT molecular complexity index is 3180. The highest BCUT2D eigenvalue weighted by molar-refractivity contribution is 6.07. The van der Waals surface area contributed by atoms with Crippen LogP contribution in [0.4, 0.5) is 17.1 Å². The van der Waals surface area contributed by atoms with Gasteiger partial charge in [-0.15, -0.1) is 0 Å². The molecule has 57 heavy (non-hydrogen) atoms. The molecule has 1 aromatic heterocycles. The van der Waals surface area contributed by atoms with E-state index < -0.39 is 0 Å². The number of anilines is 3. The van der Waals surface area contributed by atoms with Crippen molar-refractivity contribution in [3.8, 4) is 44.5 Å². The SMILES string of the molecule is CC1(C)c2ccccc2-c2c(-c3ccccc3N(c3cccc(-c4ccc5ccccc5c4)c3)c3ccccc3-c3ccc4c(c3)oc3ccccc34)cccc21. The molecule has 2 nitrogen and oxygen atoms in total. The molecule has 0 unspecified atom stereocenters. The molecular formula is C55H39NO. The quantitative estimate of drug-likeness (QED) is 0.169. The first-order chi connectivity index (χ1) is 28.0. The highest BCUT2D eigenvalue weighted by Gasteiger charge is 2.37. The van der Waals surface area contributed by atoms with Crippen LogP contribution < -0.4 is 4.90 Å². The van der Waals surface area contributed by atoms with Crippen LogP contribution in [0.3, 0.4) is 0 Å². The molecule has 0 atom stereocenters. The largest absolute Gasteiger partial charge is 0.456 e. The average molecular weight is 730 g/mol. The standard InChI is InChI=1S/C55H39NO/c1-55(2)48-24-9-5-22-47(48)54-46(23-14-25-49(54)55)43-20-7-11-27-51(43)56(41-18-13-17-38(34-41)39-30-29-36-15-3-4-16-37(36)33-39)50-26-10-6-19-42(50)40-31-32-45-44-21-8-12-28-52(44)57-53(45)35-40/h3-35H,1-2H3. The summed E-state index contributed by atoms with van der Waals surface area (Å²) in [5.41, 5.74) is 17.3. The van der Waals surface area contributed by atoms with Gasteiger partial charge in [0, 0.05) is 33.0 Å². The van der Waals surface area contributed by atoms with Gasteiger partial charge in [-0.2, -0.15) is 0 Å². The van der Waals surface area contributed by atoms with E-state index in [2.05, 4.69) is 207 Å². The lowest BCUT2D eigenvalue weighted by Crippen LogP contribution is -2.15. The van der Waals surface area contributed by atoms with E-state index in [1.165, 1.54) is 49.7 Å². The Morgan fingerprint density at radius 1 is 0.386 bits per heavy atom. The van der Waals surface area contributed by atoms with E-state index in [1.807, 2.05) is 12.1 Å². The van der Waals surface area contributed by atoms with Gasteiger partial charge in [-0.25, -0.2) is 0 Å². The number of nitrogens with zero attached hydrogens (tertiary/aromatic N) is 1. The first-order valence-corrected chi connectivity index (χ1v) is 19.8. The first kappa shape index (κ1) is 33.2. The van der Waals surface area contributed by atoms with Gasteiger partial charge in [0.2, 0.25) is 0 Å². The molecule has 0 saturated heterocycles. The smallest absolute Gasteiger partial charge is 0.136 e. The molecule has 0 N–H and O–H groups in total. The number of hydrogen-bond acceptors (Lipinski definition) is 2. The maximum absolute atomic E-state index is 6.43. The molecule has 0 saturated carbocycles. The lowest BCUT2D eigenvalue weighted by Gasteiger charge is -2.30. The molecule has 10 aromatic rings. The Balaban J connectivity index is 1.15. The van der Waals surface area contributed by atoms with E-state index in [-0.39, 0.29) is 5.41 Å². The molecule has 0 amide bonds. The van der Waals surface area contributed by atoms with Gasteiger partial charge >= 0.3 is 0 Å². The van der Waals surface area contributed by atoms with E-state index in [0.717, 1.165) is 55.7 Å². The predicted molar refractivity (Wildman–Crippen MR) is 240 cm³/mol. The Kier molecular flexibility index (Phi) is 7.55. The summed E-state index contributed by atoms with van der Waals surface area (Å²) in [7, 11) is 0. The summed E-state index contributed by atoms with van der Waals surface area (Å²) < 4.78 is 6.43. The Morgan fingerprint density at radius 2 is 1.00 bits per heavy atom. The van der Waals surface area contributed by atoms with Crippen molar-refractivity contribution in [2.24, 2.45) is 0 Å². The normalized spacial score (nSPS) is 12.9. The minimum Gasteiger partial charge on any atom is -0.456 e. The molecule has 0 bridgehead atoms. The number of fused-ring (bicyclic) bond motifs is 7. The third-order valence-corrected chi connectivity index (χ3v) is 12.1. The molecule has 0 radical (unpaired) electrons. The van der Waals surface area contributed by atoms with Gasteiger partial charge in [0.1, 0.15) is 11.2 Å². The van der Waals surface area contributed by atoms with Gasteiger partial charge < -0.3 is 9.32 Å². The van der Waals surface area contributed by atoms with Crippen LogP contribution in [-0.4, -0.2) is 0 Å². The van der Waals surface area contributed by atoms with Gasteiger partial charge in [0.15, 0.2) is 0 Å². The van der Waals surface area contributed by atoms with Gasteiger partial charge in [-0.3, -0.25) is 0 Å². The highest BCUT2D eigenvalue weighted by Crippen LogP contribution is 2.54. The zero-order valence-corrected chi connectivity index (χ0v) is 31.9. The van der Waals surface area contributed by atoms with Crippen LogP contribution >= 0.6 is 0 Å². The summed E-state index contributed by atoms with van der Waals surface area (Å²) >= 11 is 0. The van der Waals surface area contributed by atoms with E-state index in [9.17, 15) is 0 Å². The monoisotopic (exact) mass is 729 g/mol. The number of benzene rings is 9. The fourth-order valence-electron chi connectivity index (χ4n) is 9.28. The van der Waals surface area contributed by atoms with E-state index in [4.69, 9.17) is 4.42 Å². The maximum Gasteiger partial charge on any atom is 0.136 e. The lowest BCUT2D eigenvalue weighted by molar-refractivity contribution is 0.660. The summed E-state index contributed by atoms with van der Waals surface area (Å²) in [5.74, 6) is 0. The van der Waals surface area contributed by atoms with Gasteiger partial charge in [-0.05, 0) is 104 Å². The van der Waals surface area contributed by atoms with E-state index in [0.29, 0.717) is 0 Å². The van der Waals surface area contributed by atoms with Crippen LogP contribution in [0.2, 0.25) is 0 Å². The second kappa shape index (κ2) is 13.0. The first-order valence-electron chi connectivity index (χ1n) is 19.8. The molecule has 0 aliphatic heterocycles. The average Bonchev–Trinajstić information content (AvgIpc) is 3.75. The van der Waals surface area contributed by atoms with Crippen LogP contribution in [0.5, 0.6) is 0 Å². The van der Waals surface area contributed by atoms with Crippen molar-refractivity contribution in [1.82, 2.24) is 0 Å². The molecule has 0 spiro atoms. The molecule has 1 heterocycles. The van der Waals surface area contributed by atoms with E-state index in [1.54, 1.807) is 0 Å². The van der Waals surface area contributed by atoms with Crippen molar-refractivity contribution in [3.63, 3.8) is 0 Å². The number of furan rings is 1. The van der Waals surface area contributed by atoms with Crippen LogP contribution in [0, 0.1) is 0 Å². The molecular weight excluding hydrogens is 691 g/mol. The molecule has 270 valence electrons. The molecule has 0 fully saturated rings. The number of para-hydroxylation sites is 3. The van der Waals surface area contributed by atoms with E-state index >= 15 is 0 Å². The van der Waals surface area contributed by atoms with Gasteiger partial charge in [-0.1, -0.05) is 166 Å². The van der Waals surface area contributed by atoms with Crippen LogP contribution in [-0.2, 0) is 5.41 Å². The zero-order chi connectivity index (χ0) is 38.1. The second-order valence-electron chi connectivity index (χ2n) is 15.7. The molecule has 11 rings (SSSR count). The number of hydrogen-bond donors (Lipinski definition) is 0. The van der Waals surface area contributed by atoms with Crippen molar-refractivity contribution in [3.05, 3.63) is 211 Å². The zero-order valence-electron chi connectivity index (χ0n) is 31.9. The van der Waals surface area contributed by atoms with Crippen LogP contribution in [0.15, 0.2) is 205 Å². The van der Waals surface area contributed by atoms with Crippen LogP contribution in [0.25, 0.3) is 77.2 Å². The Morgan fingerprint density at radius 3 is 1.88 bits per heavy atom. The Labute approximate surface area is 332 Å². The minimum absolute atomic E-state index is 0.105. The van der Waals surface area contributed by atoms with Gasteiger partial charge in [0.05, 0.1) is 11.4 Å².